The highest BCUT2D eigenvalue weighted by molar-refractivity contribution is 5.26. The largest absolute Gasteiger partial charge is 0.467 e. The summed E-state index contributed by atoms with van der Waals surface area (Å²) in [5.74, 6) is 1.12. The molecule has 1 N–H and O–H groups in total. The number of anilines is 1. The third-order valence-electron chi connectivity index (χ3n) is 2.15. The fourth-order valence-electron chi connectivity index (χ4n) is 1.08. The Morgan fingerprint density at radius 2 is 2.00 bits per heavy atom. The highest BCUT2D eigenvalue weighted by Gasteiger charge is 2.22. The first-order valence-electron chi connectivity index (χ1n) is 4.92. The number of ether oxygens (including phenoxy) is 2. The van der Waals surface area contributed by atoms with Crippen LogP contribution in [0.3, 0.4) is 0 Å². The second-order valence-corrected chi connectivity index (χ2v) is 3.43. The van der Waals surface area contributed by atoms with Crippen LogP contribution in [0.5, 0.6) is 12.0 Å². The van der Waals surface area contributed by atoms with Crippen molar-refractivity contribution in [3.05, 3.63) is 0 Å². The van der Waals surface area contributed by atoms with Gasteiger partial charge in [-0.25, -0.2) is 0 Å². The lowest BCUT2D eigenvalue weighted by Gasteiger charge is -2.06. The summed E-state index contributed by atoms with van der Waals surface area (Å²) in [6.45, 7) is 0.677. The molecule has 0 bridgehead atoms. The maximum absolute atomic E-state index is 5.43. The Morgan fingerprint density at radius 1 is 1.27 bits per heavy atom. The third-order valence-corrected chi connectivity index (χ3v) is 2.15. The zero-order chi connectivity index (χ0) is 10.7. The molecule has 0 atom stereocenters. The first kappa shape index (κ1) is 9.95. The van der Waals surface area contributed by atoms with Crippen molar-refractivity contribution >= 4 is 5.95 Å². The summed E-state index contributed by atoms with van der Waals surface area (Å²) in [5, 5.41) is 2.82. The summed E-state index contributed by atoms with van der Waals surface area (Å²) in [6.07, 6.45) is 2.47. The zero-order valence-corrected chi connectivity index (χ0v) is 8.86. The molecule has 1 aliphatic carbocycles. The van der Waals surface area contributed by atoms with Gasteiger partial charge in [0, 0.05) is 7.05 Å². The highest BCUT2D eigenvalue weighted by atomic mass is 16.5. The van der Waals surface area contributed by atoms with Crippen molar-refractivity contribution in [2.45, 2.75) is 12.8 Å². The molecular formula is C9H14N4O2. The molecule has 2 rings (SSSR count). The molecule has 0 aliphatic heterocycles. The summed E-state index contributed by atoms with van der Waals surface area (Å²) in [7, 11) is 3.25. The molecule has 1 heterocycles. The minimum absolute atomic E-state index is 0.264. The Kier molecular flexibility index (Phi) is 2.84. The Hall–Kier alpha value is -1.59. The van der Waals surface area contributed by atoms with E-state index in [4.69, 9.17) is 9.47 Å². The lowest BCUT2D eigenvalue weighted by Crippen LogP contribution is -2.07. The van der Waals surface area contributed by atoms with E-state index >= 15 is 0 Å². The van der Waals surface area contributed by atoms with Crippen LogP contribution in [0, 0.1) is 5.92 Å². The molecule has 1 aromatic rings. The molecule has 82 valence electrons. The number of nitrogens with zero attached hydrogens (tertiary/aromatic N) is 3. The van der Waals surface area contributed by atoms with Crippen LogP contribution in [-0.2, 0) is 0 Å². The maximum Gasteiger partial charge on any atom is 0.324 e. The van der Waals surface area contributed by atoms with E-state index in [1.807, 2.05) is 0 Å². The van der Waals surface area contributed by atoms with E-state index in [1.54, 1.807) is 7.05 Å². The van der Waals surface area contributed by atoms with Gasteiger partial charge in [0.05, 0.1) is 13.7 Å². The number of rotatable bonds is 5. The van der Waals surface area contributed by atoms with Crippen molar-refractivity contribution in [2.75, 3.05) is 26.1 Å². The molecule has 1 aliphatic rings. The summed E-state index contributed by atoms with van der Waals surface area (Å²) in [5.41, 5.74) is 0. The molecule has 15 heavy (non-hydrogen) atoms. The molecule has 6 nitrogen and oxygen atoms in total. The fourth-order valence-corrected chi connectivity index (χ4v) is 1.08. The smallest absolute Gasteiger partial charge is 0.324 e. The lowest BCUT2D eigenvalue weighted by atomic mass is 10.5. The molecule has 0 aromatic carbocycles. The van der Waals surface area contributed by atoms with Crippen molar-refractivity contribution in [3.63, 3.8) is 0 Å². The van der Waals surface area contributed by atoms with Gasteiger partial charge in [-0.05, 0) is 18.8 Å². The van der Waals surface area contributed by atoms with E-state index in [0.29, 0.717) is 24.5 Å². The van der Waals surface area contributed by atoms with E-state index < -0.39 is 0 Å². The van der Waals surface area contributed by atoms with Gasteiger partial charge in [-0.1, -0.05) is 0 Å². The normalized spacial score (nSPS) is 14.8. The van der Waals surface area contributed by atoms with Crippen LogP contribution >= 0.6 is 0 Å². The summed E-state index contributed by atoms with van der Waals surface area (Å²) >= 11 is 0. The zero-order valence-electron chi connectivity index (χ0n) is 8.86. The number of aromatic nitrogens is 3. The fraction of sp³-hybridized carbons (Fsp3) is 0.667. The van der Waals surface area contributed by atoms with Crippen molar-refractivity contribution in [1.82, 2.24) is 15.0 Å². The van der Waals surface area contributed by atoms with E-state index in [1.165, 1.54) is 20.0 Å². The molecular weight excluding hydrogens is 196 g/mol. The monoisotopic (exact) mass is 210 g/mol. The number of hydrogen-bond donors (Lipinski definition) is 1. The molecule has 1 aromatic heterocycles. The van der Waals surface area contributed by atoms with Gasteiger partial charge in [-0.2, -0.15) is 9.97 Å². The quantitative estimate of drug-likeness (QED) is 0.772. The van der Waals surface area contributed by atoms with Gasteiger partial charge in [0.2, 0.25) is 5.95 Å². The SMILES string of the molecule is CNc1nc(OC)nc(OCC2CC2)n1. The van der Waals surface area contributed by atoms with Crippen LogP contribution in [0.2, 0.25) is 0 Å². The van der Waals surface area contributed by atoms with Crippen LogP contribution in [0.25, 0.3) is 0 Å². The summed E-state index contributed by atoms with van der Waals surface area (Å²) < 4.78 is 10.4. The predicted octanol–water partition coefficient (Wildman–Crippen LogP) is 0.711. The van der Waals surface area contributed by atoms with E-state index in [2.05, 4.69) is 20.3 Å². The topological polar surface area (TPSA) is 69.2 Å². The highest BCUT2D eigenvalue weighted by Crippen LogP contribution is 2.29. The van der Waals surface area contributed by atoms with Crippen molar-refractivity contribution < 1.29 is 9.47 Å². The molecule has 6 heteroatoms. The Morgan fingerprint density at radius 3 is 2.60 bits per heavy atom. The van der Waals surface area contributed by atoms with Gasteiger partial charge in [0.1, 0.15) is 0 Å². The van der Waals surface area contributed by atoms with E-state index in [-0.39, 0.29) is 6.01 Å². The van der Waals surface area contributed by atoms with Gasteiger partial charge in [0.25, 0.3) is 0 Å². The van der Waals surface area contributed by atoms with Crippen molar-refractivity contribution in [1.29, 1.82) is 0 Å². The molecule has 0 unspecified atom stereocenters. The Balaban J connectivity index is 2.06. The van der Waals surface area contributed by atoms with Gasteiger partial charge in [-0.3, -0.25) is 0 Å². The first-order valence-corrected chi connectivity index (χ1v) is 4.92. The number of hydrogen-bond acceptors (Lipinski definition) is 6. The van der Waals surface area contributed by atoms with Crippen molar-refractivity contribution in [3.8, 4) is 12.0 Å². The second kappa shape index (κ2) is 4.29. The van der Waals surface area contributed by atoms with Crippen LogP contribution in [-0.4, -0.2) is 35.7 Å². The summed E-state index contributed by atoms with van der Waals surface area (Å²) in [6, 6.07) is 0.582. The molecule has 0 spiro atoms. The second-order valence-electron chi connectivity index (χ2n) is 3.43. The molecule has 0 saturated heterocycles. The molecule has 1 saturated carbocycles. The minimum Gasteiger partial charge on any atom is -0.467 e. The minimum atomic E-state index is 0.264. The average molecular weight is 210 g/mol. The molecule has 0 amide bonds. The summed E-state index contributed by atoms with van der Waals surface area (Å²) in [4.78, 5) is 12.0. The predicted molar refractivity (Wildman–Crippen MR) is 54.1 cm³/mol. The maximum atomic E-state index is 5.43. The Labute approximate surface area is 88.1 Å². The molecule has 0 radical (unpaired) electrons. The van der Waals surface area contributed by atoms with Crippen molar-refractivity contribution in [2.24, 2.45) is 5.92 Å². The van der Waals surface area contributed by atoms with Gasteiger partial charge < -0.3 is 14.8 Å². The Bertz CT molecular complexity index is 319. The van der Waals surface area contributed by atoms with Gasteiger partial charge in [-0.15, -0.1) is 4.98 Å². The van der Waals surface area contributed by atoms with Crippen LogP contribution in [0.15, 0.2) is 0 Å². The third kappa shape index (κ3) is 2.68. The average Bonchev–Trinajstić information content (AvgIpc) is 3.09. The van der Waals surface area contributed by atoms with Crippen LogP contribution in [0.1, 0.15) is 12.8 Å². The van der Waals surface area contributed by atoms with Crippen LogP contribution in [0.4, 0.5) is 5.95 Å². The number of nitrogens with one attached hydrogen (secondary N) is 1. The molecule has 1 fully saturated rings. The number of methoxy groups -OCH3 is 1. The van der Waals surface area contributed by atoms with Crippen LogP contribution < -0.4 is 14.8 Å². The lowest BCUT2D eigenvalue weighted by molar-refractivity contribution is 0.267. The standard InChI is InChI=1S/C9H14N4O2/c1-10-7-11-8(14-2)13-9(12-7)15-5-6-3-4-6/h6H,3-5H2,1-2H3,(H,10,11,12,13). The van der Waals surface area contributed by atoms with E-state index in [0.717, 1.165) is 0 Å². The first-order chi connectivity index (χ1) is 7.31. The van der Waals surface area contributed by atoms with E-state index in [9.17, 15) is 0 Å². The van der Waals surface area contributed by atoms with Gasteiger partial charge >= 0.3 is 12.0 Å². The van der Waals surface area contributed by atoms with Gasteiger partial charge in [0.15, 0.2) is 0 Å².